The Labute approximate surface area is 194 Å². The summed E-state index contributed by atoms with van der Waals surface area (Å²) >= 11 is 6.12. The first-order valence-electron chi connectivity index (χ1n) is 11.5. The van der Waals surface area contributed by atoms with Gasteiger partial charge in [0.15, 0.2) is 0 Å². The van der Waals surface area contributed by atoms with E-state index in [1.807, 2.05) is 53.4 Å². The Morgan fingerprint density at radius 3 is 2.34 bits per heavy atom. The molecule has 2 heterocycles. The minimum Gasteiger partial charge on any atom is -0.497 e. The second-order valence-corrected chi connectivity index (χ2v) is 9.91. The molecule has 3 fully saturated rings. The van der Waals surface area contributed by atoms with Crippen molar-refractivity contribution in [1.82, 2.24) is 4.90 Å². The number of carbonyl (C=O) groups is 1. The molecule has 1 saturated carbocycles. The van der Waals surface area contributed by atoms with Crippen molar-refractivity contribution in [2.75, 3.05) is 33.4 Å². The Balaban J connectivity index is 1.41. The highest BCUT2D eigenvalue weighted by Gasteiger charge is 2.55. The van der Waals surface area contributed by atoms with Crippen molar-refractivity contribution in [3.8, 4) is 5.75 Å². The summed E-state index contributed by atoms with van der Waals surface area (Å²) in [5.74, 6) is 1.30. The number of amides is 1. The number of ether oxygens (including phenoxy) is 2. The number of methoxy groups -OCH3 is 1. The highest BCUT2D eigenvalue weighted by atomic mass is 35.5. The van der Waals surface area contributed by atoms with Crippen LogP contribution in [0.5, 0.6) is 5.75 Å². The molecule has 5 rings (SSSR count). The van der Waals surface area contributed by atoms with Gasteiger partial charge in [-0.2, -0.15) is 0 Å². The average molecular weight is 456 g/mol. The third-order valence-corrected chi connectivity index (χ3v) is 8.23. The molecule has 0 bridgehead atoms. The quantitative estimate of drug-likeness (QED) is 0.752. The van der Waals surface area contributed by atoms with Crippen LogP contribution in [0.2, 0.25) is 5.02 Å². The van der Waals surface area contributed by atoms with Gasteiger partial charge in [-0.25, -0.2) is 0 Å². The number of benzene rings is 2. The molecule has 6 heteroatoms. The summed E-state index contributed by atoms with van der Waals surface area (Å²) in [6.45, 7) is 2.44. The monoisotopic (exact) mass is 455 g/mol. The number of carbonyl (C=O) groups excluding carboxylic acids is 1. The number of rotatable bonds is 4. The minimum atomic E-state index is -0.908. The van der Waals surface area contributed by atoms with E-state index in [-0.39, 0.29) is 11.8 Å². The molecule has 3 atom stereocenters. The van der Waals surface area contributed by atoms with Crippen LogP contribution < -0.4 is 4.74 Å². The van der Waals surface area contributed by atoms with E-state index in [4.69, 9.17) is 21.1 Å². The largest absolute Gasteiger partial charge is 0.497 e. The summed E-state index contributed by atoms with van der Waals surface area (Å²) in [4.78, 5) is 16.0. The lowest BCUT2D eigenvalue weighted by atomic mass is 9.73. The van der Waals surface area contributed by atoms with Gasteiger partial charge < -0.3 is 19.5 Å². The fourth-order valence-corrected chi connectivity index (χ4v) is 6.24. The van der Waals surface area contributed by atoms with Crippen LogP contribution in [-0.4, -0.2) is 49.3 Å². The van der Waals surface area contributed by atoms with Gasteiger partial charge in [0.25, 0.3) is 0 Å². The van der Waals surface area contributed by atoms with E-state index >= 15 is 0 Å². The van der Waals surface area contributed by atoms with Crippen LogP contribution in [0.15, 0.2) is 48.5 Å². The van der Waals surface area contributed by atoms with Gasteiger partial charge in [0.05, 0.1) is 18.1 Å². The van der Waals surface area contributed by atoms with Crippen molar-refractivity contribution in [2.45, 2.75) is 36.7 Å². The first-order valence-corrected chi connectivity index (χ1v) is 11.8. The first kappa shape index (κ1) is 21.7. The van der Waals surface area contributed by atoms with Crippen molar-refractivity contribution in [2.24, 2.45) is 11.8 Å². The molecule has 170 valence electrons. The van der Waals surface area contributed by atoms with Crippen molar-refractivity contribution < 1.29 is 19.4 Å². The summed E-state index contributed by atoms with van der Waals surface area (Å²) < 4.78 is 10.9. The predicted molar refractivity (Wildman–Crippen MR) is 123 cm³/mol. The maximum atomic E-state index is 14.0. The topological polar surface area (TPSA) is 59.0 Å². The van der Waals surface area contributed by atoms with E-state index in [0.717, 1.165) is 29.7 Å². The van der Waals surface area contributed by atoms with Crippen molar-refractivity contribution in [3.63, 3.8) is 0 Å². The van der Waals surface area contributed by atoms with Gasteiger partial charge in [-0.1, -0.05) is 35.9 Å². The highest BCUT2D eigenvalue weighted by molar-refractivity contribution is 6.30. The Hall–Kier alpha value is -2.08. The van der Waals surface area contributed by atoms with Crippen LogP contribution in [0, 0.1) is 11.8 Å². The second kappa shape index (κ2) is 8.36. The van der Waals surface area contributed by atoms with Gasteiger partial charge in [-0.05, 0) is 67.0 Å². The van der Waals surface area contributed by atoms with Crippen molar-refractivity contribution in [1.29, 1.82) is 0 Å². The molecular weight excluding hydrogens is 426 g/mol. The molecule has 0 unspecified atom stereocenters. The molecule has 1 N–H and O–H groups in total. The Morgan fingerprint density at radius 2 is 1.69 bits per heavy atom. The second-order valence-electron chi connectivity index (χ2n) is 9.47. The molecule has 1 amide bonds. The number of hydrogen-bond acceptors (Lipinski definition) is 4. The molecule has 0 spiro atoms. The Bertz CT molecular complexity index is 970. The van der Waals surface area contributed by atoms with Crippen LogP contribution in [0.3, 0.4) is 0 Å². The first-order chi connectivity index (χ1) is 15.5. The zero-order chi connectivity index (χ0) is 22.3. The van der Waals surface area contributed by atoms with E-state index in [2.05, 4.69) is 0 Å². The summed E-state index contributed by atoms with van der Waals surface area (Å²) in [7, 11) is 1.64. The lowest BCUT2D eigenvalue weighted by Gasteiger charge is -2.40. The summed E-state index contributed by atoms with van der Waals surface area (Å²) in [6, 6.07) is 15.4. The molecule has 2 saturated heterocycles. The third kappa shape index (κ3) is 3.51. The van der Waals surface area contributed by atoms with Crippen LogP contribution in [0.1, 0.15) is 36.8 Å². The zero-order valence-corrected chi connectivity index (χ0v) is 19.2. The summed E-state index contributed by atoms with van der Waals surface area (Å²) in [6.07, 6.45) is 2.99. The Morgan fingerprint density at radius 1 is 1.03 bits per heavy atom. The van der Waals surface area contributed by atoms with Crippen LogP contribution in [0.25, 0.3) is 0 Å². The van der Waals surface area contributed by atoms with Crippen LogP contribution in [0.4, 0.5) is 0 Å². The SMILES string of the molecule is COc1ccc([C@@]2(O)CC[C@@H]3CN(C(=O)C4(c5ccc(Cl)cc5)CCOCC4)C[C@@H]32)cc1. The lowest BCUT2D eigenvalue weighted by Crippen LogP contribution is -2.50. The van der Waals surface area contributed by atoms with Gasteiger partial charge in [0, 0.05) is 37.2 Å². The molecule has 0 aromatic heterocycles. The molecule has 3 aliphatic rings. The number of likely N-dealkylation sites (tertiary alicyclic amines) is 1. The normalized spacial score (nSPS) is 29.0. The van der Waals surface area contributed by atoms with E-state index < -0.39 is 11.0 Å². The number of hydrogen-bond donors (Lipinski definition) is 1. The van der Waals surface area contributed by atoms with Gasteiger partial charge in [-0.15, -0.1) is 0 Å². The maximum Gasteiger partial charge on any atom is 0.233 e. The molecule has 5 nitrogen and oxygen atoms in total. The lowest BCUT2D eigenvalue weighted by molar-refractivity contribution is -0.141. The molecule has 2 aliphatic heterocycles. The molecule has 1 aliphatic carbocycles. The number of nitrogens with zero attached hydrogens (tertiary/aromatic N) is 1. The maximum absolute atomic E-state index is 14.0. The average Bonchev–Trinajstić information content (AvgIpc) is 3.40. The molecule has 32 heavy (non-hydrogen) atoms. The zero-order valence-electron chi connectivity index (χ0n) is 18.4. The highest BCUT2D eigenvalue weighted by Crippen LogP contribution is 2.51. The van der Waals surface area contributed by atoms with E-state index in [0.29, 0.717) is 50.1 Å². The van der Waals surface area contributed by atoms with Crippen LogP contribution >= 0.6 is 11.6 Å². The van der Waals surface area contributed by atoms with Gasteiger partial charge in [0.1, 0.15) is 5.75 Å². The minimum absolute atomic E-state index is 0.0435. The van der Waals surface area contributed by atoms with Gasteiger partial charge in [0.2, 0.25) is 5.91 Å². The van der Waals surface area contributed by atoms with Gasteiger partial charge in [-0.3, -0.25) is 4.79 Å². The molecule has 0 radical (unpaired) electrons. The number of aliphatic hydroxyl groups is 1. The predicted octanol–water partition coefficient (Wildman–Crippen LogP) is 4.15. The van der Waals surface area contributed by atoms with Crippen LogP contribution in [-0.2, 0) is 20.5 Å². The van der Waals surface area contributed by atoms with E-state index in [1.54, 1.807) is 7.11 Å². The molecule has 2 aromatic carbocycles. The molecule has 2 aromatic rings. The fourth-order valence-electron chi connectivity index (χ4n) is 6.12. The smallest absolute Gasteiger partial charge is 0.233 e. The Kier molecular flexibility index (Phi) is 5.68. The van der Waals surface area contributed by atoms with E-state index in [9.17, 15) is 9.90 Å². The molecular formula is C26H30ClNO4. The number of halogens is 1. The fraction of sp³-hybridized carbons (Fsp3) is 0.500. The summed E-state index contributed by atoms with van der Waals surface area (Å²) in [5, 5.41) is 12.4. The van der Waals surface area contributed by atoms with Crippen molar-refractivity contribution >= 4 is 17.5 Å². The van der Waals surface area contributed by atoms with E-state index in [1.165, 1.54) is 0 Å². The van der Waals surface area contributed by atoms with Gasteiger partial charge >= 0.3 is 0 Å². The van der Waals surface area contributed by atoms with Crippen molar-refractivity contribution in [3.05, 3.63) is 64.7 Å². The third-order valence-electron chi connectivity index (χ3n) is 7.98. The number of fused-ring (bicyclic) bond motifs is 1. The summed E-state index contributed by atoms with van der Waals surface area (Å²) in [5.41, 5.74) is 0.436. The standard InChI is InChI=1S/C26H30ClNO4/c1-31-22-8-4-20(5-9-22)26(30)11-10-18-16-28(17-23(18)26)24(29)25(12-14-32-15-13-25)19-2-6-21(27)7-3-19/h2-9,18,23,30H,10-17H2,1H3/t18-,23+,26+/m1/s1.